The SMILES string of the molecule is Cc1cnn(Cc2cc(C(=O)N3CC(c4nncn4C4CC4)C4(CCC4)C3)no2)c1. The Morgan fingerprint density at radius 2 is 2.20 bits per heavy atom. The molecule has 3 aliphatic rings. The molecule has 30 heavy (non-hydrogen) atoms. The van der Waals surface area contributed by atoms with Crippen LogP contribution in [0, 0.1) is 12.3 Å². The van der Waals surface area contributed by atoms with Crippen molar-refractivity contribution in [2.24, 2.45) is 5.41 Å². The zero-order valence-corrected chi connectivity index (χ0v) is 17.1. The van der Waals surface area contributed by atoms with Gasteiger partial charge in [-0.15, -0.1) is 10.2 Å². The molecule has 3 aromatic rings. The van der Waals surface area contributed by atoms with E-state index in [9.17, 15) is 4.79 Å². The van der Waals surface area contributed by atoms with Crippen LogP contribution < -0.4 is 0 Å². The number of carbonyl (C=O) groups is 1. The van der Waals surface area contributed by atoms with E-state index in [1.54, 1.807) is 16.9 Å². The van der Waals surface area contributed by atoms with Gasteiger partial charge in [0.1, 0.15) is 18.7 Å². The number of likely N-dealkylation sites (tertiary alicyclic amines) is 1. The molecule has 156 valence electrons. The third kappa shape index (κ3) is 2.86. The molecule has 0 aromatic carbocycles. The highest BCUT2D eigenvalue weighted by atomic mass is 16.5. The van der Waals surface area contributed by atoms with Crippen LogP contribution in [-0.4, -0.2) is 53.6 Å². The fourth-order valence-electron chi connectivity index (χ4n) is 5.12. The van der Waals surface area contributed by atoms with Crippen LogP contribution in [0.2, 0.25) is 0 Å². The van der Waals surface area contributed by atoms with Gasteiger partial charge in [-0.2, -0.15) is 5.10 Å². The van der Waals surface area contributed by atoms with Crippen molar-refractivity contribution < 1.29 is 9.32 Å². The van der Waals surface area contributed by atoms with Crippen molar-refractivity contribution in [3.63, 3.8) is 0 Å². The lowest BCUT2D eigenvalue weighted by Crippen LogP contribution is -2.38. The summed E-state index contributed by atoms with van der Waals surface area (Å²) >= 11 is 0. The maximum Gasteiger partial charge on any atom is 0.276 e. The van der Waals surface area contributed by atoms with Crippen LogP contribution in [0.25, 0.3) is 0 Å². The molecule has 1 atom stereocenters. The number of nitrogens with zero attached hydrogens (tertiary/aromatic N) is 7. The zero-order chi connectivity index (χ0) is 20.3. The Morgan fingerprint density at radius 3 is 2.90 bits per heavy atom. The van der Waals surface area contributed by atoms with Crippen LogP contribution in [0.4, 0.5) is 0 Å². The summed E-state index contributed by atoms with van der Waals surface area (Å²) in [6, 6.07) is 2.29. The summed E-state index contributed by atoms with van der Waals surface area (Å²) in [7, 11) is 0. The molecule has 1 unspecified atom stereocenters. The third-order valence-electron chi connectivity index (χ3n) is 7.00. The van der Waals surface area contributed by atoms with Gasteiger partial charge in [0.05, 0.1) is 6.20 Å². The number of hydrogen-bond donors (Lipinski definition) is 0. The lowest BCUT2D eigenvalue weighted by Gasteiger charge is -2.42. The molecule has 1 aliphatic heterocycles. The van der Waals surface area contributed by atoms with Crippen molar-refractivity contribution in [2.75, 3.05) is 13.1 Å². The maximum absolute atomic E-state index is 13.2. The summed E-state index contributed by atoms with van der Waals surface area (Å²) in [5, 5.41) is 17.0. The van der Waals surface area contributed by atoms with Gasteiger partial charge in [0.25, 0.3) is 5.91 Å². The van der Waals surface area contributed by atoms with Gasteiger partial charge in [0, 0.05) is 37.3 Å². The first-order valence-electron chi connectivity index (χ1n) is 10.7. The summed E-state index contributed by atoms with van der Waals surface area (Å²) in [4.78, 5) is 15.2. The quantitative estimate of drug-likeness (QED) is 0.645. The first-order valence-corrected chi connectivity index (χ1v) is 10.7. The Bertz CT molecular complexity index is 1090. The molecule has 4 heterocycles. The van der Waals surface area contributed by atoms with E-state index in [1.165, 1.54) is 19.3 Å². The zero-order valence-electron chi connectivity index (χ0n) is 17.1. The van der Waals surface area contributed by atoms with Crippen molar-refractivity contribution in [3.8, 4) is 0 Å². The second-order valence-corrected chi connectivity index (χ2v) is 9.18. The van der Waals surface area contributed by atoms with Crippen molar-refractivity contribution in [3.05, 3.63) is 47.6 Å². The number of aromatic nitrogens is 6. The molecule has 3 fully saturated rings. The predicted octanol–water partition coefficient (Wildman–Crippen LogP) is 2.56. The fraction of sp³-hybridized carbons (Fsp3) is 0.571. The Balaban J connectivity index is 1.22. The lowest BCUT2D eigenvalue weighted by molar-refractivity contribution is 0.0713. The molecular formula is C21H25N7O2. The van der Waals surface area contributed by atoms with Gasteiger partial charge >= 0.3 is 0 Å². The first kappa shape index (κ1) is 17.9. The second kappa shape index (κ2) is 6.52. The summed E-state index contributed by atoms with van der Waals surface area (Å²) in [6.07, 6.45) is 11.5. The van der Waals surface area contributed by atoms with Crippen LogP contribution in [0.1, 0.15) is 71.7 Å². The van der Waals surface area contributed by atoms with Crippen LogP contribution in [0.3, 0.4) is 0 Å². The molecule has 9 nitrogen and oxygen atoms in total. The largest absolute Gasteiger partial charge is 0.359 e. The highest BCUT2D eigenvalue weighted by Crippen LogP contribution is 2.56. The normalized spacial score (nSPS) is 22.6. The summed E-state index contributed by atoms with van der Waals surface area (Å²) < 4.78 is 9.45. The van der Waals surface area contributed by atoms with E-state index in [4.69, 9.17) is 4.52 Å². The smallest absolute Gasteiger partial charge is 0.276 e. The minimum Gasteiger partial charge on any atom is -0.359 e. The number of hydrogen-bond acceptors (Lipinski definition) is 6. The highest BCUT2D eigenvalue weighted by Gasteiger charge is 2.54. The molecule has 0 N–H and O–H groups in total. The average molecular weight is 407 g/mol. The summed E-state index contributed by atoms with van der Waals surface area (Å²) in [5.74, 6) is 1.87. The minimum absolute atomic E-state index is 0.0621. The van der Waals surface area contributed by atoms with Gasteiger partial charge in [-0.25, -0.2) is 0 Å². The molecule has 0 bridgehead atoms. The maximum atomic E-state index is 13.2. The molecule has 1 saturated heterocycles. The molecule has 2 saturated carbocycles. The minimum atomic E-state index is -0.0621. The first-order chi connectivity index (χ1) is 14.6. The van der Waals surface area contributed by atoms with E-state index in [2.05, 4.69) is 25.0 Å². The van der Waals surface area contributed by atoms with E-state index in [0.29, 0.717) is 30.6 Å². The van der Waals surface area contributed by atoms with E-state index in [-0.39, 0.29) is 17.2 Å². The van der Waals surface area contributed by atoms with Crippen LogP contribution in [0.5, 0.6) is 0 Å². The van der Waals surface area contributed by atoms with E-state index >= 15 is 0 Å². The van der Waals surface area contributed by atoms with Crippen LogP contribution >= 0.6 is 0 Å². The number of rotatable bonds is 5. The predicted molar refractivity (Wildman–Crippen MR) is 106 cm³/mol. The number of carbonyl (C=O) groups excluding carboxylic acids is 1. The van der Waals surface area contributed by atoms with Crippen molar-refractivity contribution in [1.82, 2.24) is 34.6 Å². The summed E-state index contributed by atoms with van der Waals surface area (Å²) in [5.41, 5.74) is 1.58. The molecule has 9 heteroatoms. The standard InChI is InChI=1S/C21H25N7O2/c1-14-8-23-27(9-14)10-16-7-18(25-30-16)20(29)26-11-17(21(12-26)5-2-6-21)19-24-22-13-28(19)15-3-4-15/h7-9,13,15,17H,2-6,10-12H2,1H3. The Morgan fingerprint density at radius 1 is 1.33 bits per heavy atom. The van der Waals surface area contributed by atoms with Gasteiger partial charge in [-0.3, -0.25) is 9.48 Å². The van der Waals surface area contributed by atoms with Gasteiger partial charge in [-0.05, 0) is 43.6 Å². The third-order valence-corrected chi connectivity index (χ3v) is 7.00. The second-order valence-electron chi connectivity index (χ2n) is 9.18. The van der Waals surface area contributed by atoms with E-state index in [0.717, 1.165) is 30.8 Å². The molecular weight excluding hydrogens is 382 g/mol. The lowest BCUT2D eigenvalue weighted by atomic mass is 9.62. The number of amides is 1. The van der Waals surface area contributed by atoms with Gasteiger partial charge in [0.15, 0.2) is 11.5 Å². The Labute approximate surface area is 174 Å². The molecule has 1 amide bonds. The van der Waals surface area contributed by atoms with Crippen molar-refractivity contribution in [1.29, 1.82) is 0 Å². The molecule has 1 spiro atoms. The molecule has 2 aliphatic carbocycles. The van der Waals surface area contributed by atoms with E-state index < -0.39 is 0 Å². The number of aryl methyl sites for hydroxylation is 1. The van der Waals surface area contributed by atoms with Crippen LogP contribution in [-0.2, 0) is 6.54 Å². The highest BCUT2D eigenvalue weighted by molar-refractivity contribution is 5.92. The topological polar surface area (TPSA) is 94.9 Å². The Hall–Kier alpha value is -2.97. The van der Waals surface area contributed by atoms with Crippen LogP contribution in [0.15, 0.2) is 29.3 Å². The van der Waals surface area contributed by atoms with Crippen molar-refractivity contribution in [2.45, 2.75) is 57.5 Å². The Kier molecular flexibility index (Phi) is 3.88. The van der Waals surface area contributed by atoms with Gasteiger partial charge < -0.3 is 14.0 Å². The monoisotopic (exact) mass is 407 g/mol. The van der Waals surface area contributed by atoms with E-state index in [1.807, 2.05) is 24.3 Å². The summed E-state index contributed by atoms with van der Waals surface area (Å²) in [6.45, 7) is 3.88. The van der Waals surface area contributed by atoms with Gasteiger partial charge in [0.2, 0.25) is 0 Å². The fourth-order valence-corrected chi connectivity index (χ4v) is 5.12. The van der Waals surface area contributed by atoms with Crippen molar-refractivity contribution >= 4 is 5.91 Å². The molecule has 6 rings (SSSR count). The average Bonchev–Trinajstić information content (AvgIpc) is 3.13. The molecule has 0 radical (unpaired) electrons. The van der Waals surface area contributed by atoms with Gasteiger partial charge in [-0.1, -0.05) is 11.6 Å². The molecule has 3 aromatic heterocycles.